The van der Waals surface area contributed by atoms with Gasteiger partial charge in [0.05, 0.1) is 0 Å². The van der Waals surface area contributed by atoms with E-state index in [-0.39, 0.29) is 0 Å². The van der Waals surface area contributed by atoms with E-state index in [1.807, 2.05) is 6.07 Å². The van der Waals surface area contributed by atoms with Gasteiger partial charge in [0.2, 0.25) is 0 Å². The molecule has 1 rings (SSSR count). The van der Waals surface area contributed by atoms with Gasteiger partial charge in [-0.25, -0.2) is 0 Å². The maximum absolute atomic E-state index is 6.15. The SMILES string of the molecule is CCCCCCCCCCCCCCCCCCc1ccccc1[Si](Cl)Cl. The molecule has 0 amide bonds. The molecule has 0 aliphatic heterocycles. The third-order valence-electron chi connectivity index (χ3n) is 5.52. The Morgan fingerprint density at radius 2 is 1.00 bits per heavy atom. The van der Waals surface area contributed by atoms with Crippen molar-refractivity contribution in [2.24, 2.45) is 0 Å². The van der Waals surface area contributed by atoms with Crippen molar-refractivity contribution in [2.45, 2.75) is 116 Å². The molecule has 0 unspecified atom stereocenters. The van der Waals surface area contributed by atoms with E-state index in [0.717, 1.165) is 6.42 Å². The molecule has 0 saturated heterocycles. The van der Waals surface area contributed by atoms with Gasteiger partial charge in [-0.15, -0.1) is 22.2 Å². The van der Waals surface area contributed by atoms with E-state index in [2.05, 4.69) is 25.1 Å². The molecule has 0 atom stereocenters. The zero-order valence-corrected chi connectivity index (χ0v) is 20.1. The Morgan fingerprint density at radius 3 is 1.44 bits per heavy atom. The van der Waals surface area contributed by atoms with Gasteiger partial charge in [-0.05, 0) is 23.6 Å². The molecule has 155 valence electrons. The number of hydrogen-bond acceptors (Lipinski definition) is 0. The Morgan fingerprint density at radius 1 is 0.593 bits per heavy atom. The van der Waals surface area contributed by atoms with Crippen LogP contribution in [0.25, 0.3) is 0 Å². The monoisotopic (exact) mass is 427 g/mol. The molecule has 1 aromatic rings. The van der Waals surface area contributed by atoms with Crippen LogP contribution in [0, 0.1) is 0 Å². The van der Waals surface area contributed by atoms with Crippen LogP contribution in [0.1, 0.15) is 115 Å². The highest BCUT2D eigenvalue weighted by Crippen LogP contribution is 2.14. The second kappa shape index (κ2) is 18.1. The Balaban J connectivity index is 1.85. The number of rotatable bonds is 18. The van der Waals surface area contributed by atoms with Gasteiger partial charge in [-0.1, -0.05) is 128 Å². The van der Waals surface area contributed by atoms with Crippen LogP contribution < -0.4 is 5.19 Å². The van der Waals surface area contributed by atoms with E-state index in [9.17, 15) is 0 Å². The summed E-state index contributed by atoms with van der Waals surface area (Å²) >= 11 is 12.3. The first kappa shape index (κ1) is 25.1. The minimum absolute atomic E-state index is 1.13. The molecule has 0 saturated carbocycles. The second-order valence-corrected chi connectivity index (χ2v) is 11.9. The summed E-state index contributed by atoms with van der Waals surface area (Å²) in [4.78, 5) is 0. The van der Waals surface area contributed by atoms with Crippen LogP contribution in [0.5, 0.6) is 0 Å². The van der Waals surface area contributed by atoms with Crippen molar-refractivity contribution >= 4 is 34.8 Å². The minimum atomic E-state index is -1.37. The van der Waals surface area contributed by atoms with E-state index in [1.165, 1.54) is 113 Å². The smallest absolute Gasteiger partial charge is 0.140 e. The maximum atomic E-state index is 6.15. The van der Waals surface area contributed by atoms with Crippen molar-refractivity contribution in [2.75, 3.05) is 0 Å². The van der Waals surface area contributed by atoms with E-state index >= 15 is 0 Å². The van der Waals surface area contributed by atoms with Crippen molar-refractivity contribution in [1.29, 1.82) is 0 Å². The molecule has 3 heteroatoms. The Labute approximate surface area is 180 Å². The molecule has 0 spiro atoms. The maximum Gasteiger partial charge on any atom is 0.307 e. The highest BCUT2D eigenvalue weighted by molar-refractivity contribution is 7.39. The Bertz CT molecular complexity index is 448. The van der Waals surface area contributed by atoms with Gasteiger partial charge in [-0.3, -0.25) is 0 Å². The molecule has 0 aliphatic rings. The lowest BCUT2D eigenvalue weighted by Crippen LogP contribution is -2.22. The first-order valence-electron chi connectivity index (χ1n) is 11.5. The van der Waals surface area contributed by atoms with Gasteiger partial charge in [0, 0.05) is 0 Å². The van der Waals surface area contributed by atoms with Crippen LogP contribution in [-0.4, -0.2) is 7.42 Å². The number of unbranched alkanes of at least 4 members (excludes halogenated alkanes) is 15. The predicted octanol–water partition coefficient (Wildman–Crippen LogP) is 8.66. The molecule has 0 aromatic heterocycles. The zero-order chi connectivity index (χ0) is 19.6. The van der Waals surface area contributed by atoms with Gasteiger partial charge in [0.25, 0.3) is 0 Å². The lowest BCUT2D eigenvalue weighted by Gasteiger charge is -2.08. The second-order valence-electron chi connectivity index (χ2n) is 7.97. The molecule has 1 aromatic carbocycles. The van der Waals surface area contributed by atoms with Crippen molar-refractivity contribution in [3.05, 3.63) is 29.8 Å². The molecule has 0 aliphatic carbocycles. The molecule has 1 radical (unpaired) electrons. The van der Waals surface area contributed by atoms with Crippen LogP contribution in [0.2, 0.25) is 0 Å². The van der Waals surface area contributed by atoms with Crippen LogP contribution in [0.4, 0.5) is 0 Å². The van der Waals surface area contributed by atoms with Crippen LogP contribution in [0.15, 0.2) is 24.3 Å². The summed E-state index contributed by atoms with van der Waals surface area (Å²) in [5.41, 5.74) is 1.36. The van der Waals surface area contributed by atoms with E-state index in [4.69, 9.17) is 22.2 Å². The number of hydrogen-bond donors (Lipinski definition) is 0. The first-order valence-corrected chi connectivity index (χ1v) is 15.0. The highest BCUT2D eigenvalue weighted by Gasteiger charge is 2.11. The van der Waals surface area contributed by atoms with E-state index in [1.54, 1.807) is 0 Å². The average Bonchev–Trinajstić information content (AvgIpc) is 2.68. The largest absolute Gasteiger partial charge is 0.307 e. The van der Waals surface area contributed by atoms with Crippen LogP contribution >= 0.6 is 22.2 Å². The fourth-order valence-electron chi connectivity index (χ4n) is 3.79. The van der Waals surface area contributed by atoms with Crippen molar-refractivity contribution in [3.8, 4) is 0 Å². The molecule has 0 bridgehead atoms. The van der Waals surface area contributed by atoms with Crippen LogP contribution in [-0.2, 0) is 6.42 Å². The fourth-order valence-corrected chi connectivity index (χ4v) is 5.57. The Kier molecular flexibility index (Phi) is 16.8. The predicted molar refractivity (Wildman–Crippen MR) is 127 cm³/mol. The summed E-state index contributed by atoms with van der Waals surface area (Å²) in [6, 6.07) is 8.43. The normalized spacial score (nSPS) is 11.4. The lowest BCUT2D eigenvalue weighted by molar-refractivity contribution is 0.529. The molecular weight excluding hydrogens is 387 g/mol. The molecular formula is C24H41Cl2Si. The summed E-state index contributed by atoms with van der Waals surface area (Å²) in [5, 5.41) is 1.19. The molecule has 0 fully saturated rings. The summed E-state index contributed by atoms with van der Waals surface area (Å²) < 4.78 is 0. The summed E-state index contributed by atoms with van der Waals surface area (Å²) in [6.45, 7) is 2.29. The molecule has 0 N–H and O–H groups in total. The standard InChI is InChI=1S/C24H41Cl2Si/c1-2-3-4-5-6-7-8-9-10-11-12-13-14-15-16-17-20-23-21-18-19-22-24(23)27(25)26/h18-19,21-22H,2-17,20H2,1H3. The van der Waals surface area contributed by atoms with Gasteiger partial charge < -0.3 is 0 Å². The van der Waals surface area contributed by atoms with E-state index in [0.29, 0.717) is 0 Å². The highest BCUT2D eigenvalue weighted by atomic mass is 35.7. The van der Waals surface area contributed by atoms with Crippen molar-refractivity contribution in [1.82, 2.24) is 0 Å². The molecule has 0 nitrogen and oxygen atoms in total. The Hall–Kier alpha value is 0.0169. The average molecular weight is 429 g/mol. The number of benzene rings is 1. The zero-order valence-electron chi connectivity index (χ0n) is 17.6. The summed E-state index contributed by atoms with van der Waals surface area (Å²) in [5.74, 6) is 0. The summed E-state index contributed by atoms with van der Waals surface area (Å²) in [7, 11) is -1.37. The van der Waals surface area contributed by atoms with Crippen molar-refractivity contribution < 1.29 is 0 Å². The summed E-state index contributed by atoms with van der Waals surface area (Å²) in [6.07, 6.45) is 23.8. The fraction of sp³-hybridized carbons (Fsp3) is 0.750. The van der Waals surface area contributed by atoms with Gasteiger partial charge in [0.1, 0.15) is 0 Å². The van der Waals surface area contributed by atoms with Gasteiger partial charge in [-0.2, -0.15) is 0 Å². The number of halogens is 2. The first-order chi connectivity index (χ1) is 13.3. The minimum Gasteiger partial charge on any atom is -0.140 e. The molecule has 27 heavy (non-hydrogen) atoms. The van der Waals surface area contributed by atoms with Crippen LogP contribution in [0.3, 0.4) is 0 Å². The van der Waals surface area contributed by atoms with E-state index < -0.39 is 7.42 Å². The van der Waals surface area contributed by atoms with Gasteiger partial charge in [0.15, 0.2) is 0 Å². The number of aryl methyl sites for hydroxylation is 1. The lowest BCUT2D eigenvalue weighted by atomic mass is 10.0. The molecule has 0 heterocycles. The van der Waals surface area contributed by atoms with Gasteiger partial charge >= 0.3 is 7.42 Å². The van der Waals surface area contributed by atoms with Crippen molar-refractivity contribution in [3.63, 3.8) is 0 Å². The third kappa shape index (κ3) is 13.8. The third-order valence-corrected chi connectivity index (χ3v) is 7.64. The quantitative estimate of drug-likeness (QED) is 0.125. The topological polar surface area (TPSA) is 0 Å².